The lowest BCUT2D eigenvalue weighted by molar-refractivity contribution is 0.0652. The molecule has 0 aliphatic rings. The van der Waals surface area contributed by atoms with Gasteiger partial charge in [-0.1, -0.05) is 32.9 Å². The number of carbonyl (C=O) groups is 2. The molecule has 2 atom stereocenters. The standard InChI is InChI=1S/C22H31N3O3/c1-6-15(4)23-21(26)19-14-28-20(24-19)13-25(16(5)7-2)22(27)18-11-9-17(8-3)10-12-18/h9-12,14-16H,6-8,13H2,1-5H3,(H,23,26)/t15-,16+/m0/s1. The quantitative estimate of drug-likeness (QED) is 0.702. The van der Waals surface area contributed by atoms with Gasteiger partial charge in [0.25, 0.3) is 11.8 Å². The predicted molar refractivity (Wildman–Crippen MR) is 109 cm³/mol. The molecule has 1 N–H and O–H groups in total. The van der Waals surface area contributed by atoms with Crippen molar-refractivity contribution in [2.45, 2.75) is 72.5 Å². The molecule has 6 heteroatoms. The summed E-state index contributed by atoms with van der Waals surface area (Å²) in [5.74, 6) is 0.0230. The molecule has 0 fully saturated rings. The van der Waals surface area contributed by atoms with Crippen molar-refractivity contribution in [1.82, 2.24) is 15.2 Å². The summed E-state index contributed by atoms with van der Waals surface area (Å²) in [5, 5.41) is 2.86. The fraction of sp³-hybridized carbons (Fsp3) is 0.500. The van der Waals surface area contributed by atoms with Crippen LogP contribution in [0.15, 0.2) is 34.9 Å². The average molecular weight is 386 g/mol. The number of aromatic nitrogens is 1. The first-order chi connectivity index (χ1) is 13.4. The lowest BCUT2D eigenvalue weighted by Gasteiger charge is -2.27. The van der Waals surface area contributed by atoms with Crippen molar-refractivity contribution < 1.29 is 14.0 Å². The van der Waals surface area contributed by atoms with Gasteiger partial charge in [-0.15, -0.1) is 0 Å². The van der Waals surface area contributed by atoms with Gasteiger partial charge in [-0.25, -0.2) is 4.98 Å². The van der Waals surface area contributed by atoms with Gasteiger partial charge in [-0.05, 0) is 50.8 Å². The van der Waals surface area contributed by atoms with E-state index in [4.69, 9.17) is 4.42 Å². The van der Waals surface area contributed by atoms with E-state index in [-0.39, 0.29) is 36.1 Å². The van der Waals surface area contributed by atoms with Gasteiger partial charge in [0.15, 0.2) is 5.69 Å². The van der Waals surface area contributed by atoms with E-state index in [0.29, 0.717) is 11.5 Å². The molecule has 0 radical (unpaired) electrons. The van der Waals surface area contributed by atoms with Crippen molar-refractivity contribution in [2.75, 3.05) is 0 Å². The van der Waals surface area contributed by atoms with E-state index >= 15 is 0 Å². The molecule has 28 heavy (non-hydrogen) atoms. The van der Waals surface area contributed by atoms with Gasteiger partial charge < -0.3 is 14.6 Å². The van der Waals surface area contributed by atoms with Gasteiger partial charge in [0.2, 0.25) is 5.89 Å². The Kier molecular flexibility index (Phi) is 7.79. The fourth-order valence-corrected chi connectivity index (χ4v) is 2.73. The molecular weight excluding hydrogens is 354 g/mol. The zero-order chi connectivity index (χ0) is 20.7. The van der Waals surface area contributed by atoms with Gasteiger partial charge in [0.05, 0.1) is 6.54 Å². The van der Waals surface area contributed by atoms with Crippen LogP contribution in [0.3, 0.4) is 0 Å². The largest absolute Gasteiger partial charge is 0.446 e. The van der Waals surface area contributed by atoms with E-state index < -0.39 is 0 Å². The van der Waals surface area contributed by atoms with Crippen LogP contribution < -0.4 is 5.32 Å². The highest BCUT2D eigenvalue weighted by Gasteiger charge is 2.23. The number of aryl methyl sites for hydroxylation is 1. The second-order valence-corrected chi connectivity index (χ2v) is 7.15. The van der Waals surface area contributed by atoms with Crippen LogP contribution in [0.2, 0.25) is 0 Å². The Morgan fingerprint density at radius 1 is 1.11 bits per heavy atom. The lowest BCUT2D eigenvalue weighted by atomic mass is 10.1. The van der Waals surface area contributed by atoms with Crippen LogP contribution in [0.25, 0.3) is 0 Å². The zero-order valence-corrected chi connectivity index (χ0v) is 17.5. The smallest absolute Gasteiger partial charge is 0.273 e. The first-order valence-corrected chi connectivity index (χ1v) is 10.0. The SMILES string of the molecule is CCc1ccc(C(=O)N(Cc2nc(C(=O)N[C@@H](C)CC)co2)[C@H](C)CC)cc1. The Morgan fingerprint density at radius 2 is 1.79 bits per heavy atom. The molecule has 6 nitrogen and oxygen atoms in total. The molecule has 0 saturated carbocycles. The lowest BCUT2D eigenvalue weighted by Crippen LogP contribution is -2.38. The van der Waals surface area contributed by atoms with Crippen LogP contribution in [0.5, 0.6) is 0 Å². The number of amides is 2. The maximum absolute atomic E-state index is 13.1. The summed E-state index contributed by atoms with van der Waals surface area (Å²) in [6.07, 6.45) is 3.92. The van der Waals surface area contributed by atoms with Gasteiger partial charge in [-0.3, -0.25) is 9.59 Å². The minimum Gasteiger partial charge on any atom is -0.446 e. The molecule has 0 spiro atoms. The highest BCUT2D eigenvalue weighted by atomic mass is 16.3. The van der Waals surface area contributed by atoms with Crippen molar-refractivity contribution in [2.24, 2.45) is 0 Å². The second-order valence-electron chi connectivity index (χ2n) is 7.15. The fourth-order valence-electron chi connectivity index (χ4n) is 2.73. The van der Waals surface area contributed by atoms with Crippen LogP contribution in [0.4, 0.5) is 0 Å². The third kappa shape index (κ3) is 5.44. The molecule has 2 rings (SSSR count). The normalized spacial score (nSPS) is 13.0. The highest BCUT2D eigenvalue weighted by Crippen LogP contribution is 2.16. The molecule has 0 aliphatic carbocycles. The van der Waals surface area contributed by atoms with Gasteiger partial charge in [0.1, 0.15) is 6.26 Å². The van der Waals surface area contributed by atoms with E-state index in [0.717, 1.165) is 19.3 Å². The molecule has 0 bridgehead atoms. The third-order valence-corrected chi connectivity index (χ3v) is 5.07. The summed E-state index contributed by atoms with van der Waals surface area (Å²) in [6.45, 7) is 10.3. The third-order valence-electron chi connectivity index (χ3n) is 5.07. The van der Waals surface area contributed by atoms with E-state index in [2.05, 4.69) is 17.2 Å². The zero-order valence-electron chi connectivity index (χ0n) is 17.5. The number of hydrogen-bond donors (Lipinski definition) is 1. The first-order valence-electron chi connectivity index (χ1n) is 10.0. The maximum atomic E-state index is 13.1. The summed E-state index contributed by atoms with van der Waals surface area (Å²) >= 11 is 0. The van der Waals surface area contributed by atoms with E-state index in [1.54, 1.807) is 4.90 Å². The molecular formula is C22H31N3O3. The van der Waals surface area contributed by atoms with E-state index in [1.807, 2.05) is 52.0 Å². The van der Waals surface area contributed by atoms with Crippen LogP contribution in [0.1, 0.15) is 79.8 Å². The van der Waals surface area contributed by atoms with Gasteiger partial charge in [0, 0.05) is 17.6 Å². The summed E-state index contributed by atoms with van der Waals surface area (Å²) in [7, 11) is 0. The molecule has 0 unspecified atom stereocenters. The number of benzene rings is 1. The van der Waals surface area contributed by atoms with E-state index in [1.165, 1.54) is 11.8 Å². The van der Waals surface area contributed by atoms with Crippen LogP contribution in [-0.2, 0) is 13.0 Å². The molecule has 1 aromatic carbocycles. The number of oxazole rings is 1. The molecule has 1 heterocycles. The monoisotopic (exact) mass is 385 g/mol. The minimum atomic E-state index is -0.263. The topological polar surface area (TPSA) is 75.4 Å². The van der Waals surface area contributed by atoms with Gasteiger partial charge in [-0.2, -0.15) is 0 Å². The molecule has 2 aromatic rings. The number of nitrogens with zero attached hydrogens (tertiary/aromatic N) is 2. The van der Waals surface area contributed by atoms with E-state index in [9.17, 15) is 9.59 Å². The molecule has 0 saturated heterocycles. The minimum absolute atomic E-state index is 0.0163. The van der Waals surface area contributed by atoms with Crippen LogP contribution >= 0.6 is 0 Å². The Hall–Kier alpha value is -2.63. The summed E-state index contributed by atoms with van der Waals surface area (Å²) in [5.41, 5.74) is 2.06. The Labute approximate surface area is 167 Å². The van der Waals surface area contributed by atoms with Crippen LogP contribution in [-0.4, -0.2) is 33.8 Å². The summed E-state index contributed by atoms with van der Waals surface area (Å²) in [4.78, 5) is 31.3. The Morgan fingerprint density at radius 3 is 2.36 bits per heavy atom. The predicted octanol–water partition coefficient (Wildman–Crippen LogP) is 4.21. The van der Waals surface area contributed by atoms with Gasteiger partial charge >= 0.3 is 0 Å². The Bertz CT molecular complexity index is 783. The molecule has 1 aromatic heterocycles. The summed E-state index contributed by atoms with van der Waals surface area (Å²) in [6, 6.07) is 7.75. The molecule has 2 amide bonds. The van der Waals surface area contributed by atoms with Crippen molar-refractivity contribution in [3.63, 3.8) is 0 Å². The average Bonchev–Trinajstić information content (AvgIpc) is 3.19. The van der Waals surface area contributed by atoms with Crippen molar-refractivity contribution in [3.8, 4) is 0 Å². The highest BCUT2D eigenvalue weighted by molar-refractivity contribution is 5.94. The second kappa shape index (κ2) is 10.1. The molecule has 0 aliphatic heterocycles. The van der Waals surface area contributed by atoms with Crippen molar-refractivity contribution >= 4 is 11.8 Å². The van der Waals surface area contributed by atoms with Crippen molar-refractivity contribution in [1.29, 1.82) is 0 Å². The number of nitrogens with one attached hydrogen (secondary N) is 1. The van der Waals surface area contributed by atoms with Crippen molar-refractivity contribution in [3.05, 3.63) is 53.2 Å². The Balaban J connectivity index is 2.16. The number of rotatable bonds is 9. The number of carbonyl (C=O) groups excluding carboxylic acids is 2. The number of hydrogen-bond acceptors (Lipinski definition) is 4. The maximum Gasteiger partial charge on any atom is 0.273 e. The van der Waals surface area contributed by atoms with Crippen LogP contribution in [0, 0.1) is 0 Å². The summed E-state index contributed by atoms with van der Waals surface area (Å²) < 4.78 is 5.48. The molecule has 152 valence electrons. The first kappa shape index (κ1) is 21.7.